The Morgan fingerprint density at radius 1 is 1.47 bits per heavy atom. The monoisotopic (exact) mass is 347 g/mol. The van der Waals surface area contributed by atoms with Crippen LogP contribution in [-0.2, 0) is 11.3 Å². The van der Waals surface area contributed by atoms with Crippen molar-refractivity contribution in [3.05, 3.63) is 28.2 Å². The van der Waals surface area contributed by atoms with Crippen LogP contribution in [0.25, 0.3) is 0 Å². The normalized spacial score (nSPS) is 12.6. The average molecular weight is 348 g/mol. The third-order valence-electron chi connectivity index (χ3n) is 2.67. The molecule has 0 aliphatic rings. The molecular formula is C14H22BrNO2S. The SMILES string of the molecule is COCCNCc1ccc(SC(C)CCO)c(Br)c1. The third-order valence-corrected chi connectivity index (χ3v) is 4.84. The van der Waals surface area contributed by atoms with Gasteiger partial charge in [0.1, 0.15) is 0 Å². The molecule has 0 aliphatic carbocycles. The van der Waals surface area contributed by atoms with E-state index in [1.807, 2.05) is 0 Å². The van der Waals surface area contributed by atoms with Crippen LogP contribution < -0.4 is 5.32 Å². The largest absolute Gasteiger partial charge is 0.396 e. The fourth-order valence-corrected chi connectivity index (χ4v) is 3.30. The first-order chi connectivity index (χ1) is 9.17. The maximum Gasteiger partial charge on any atom is 0.0587 e. The molecule has 0 aliphatic heterocycles. The number of methoxy groups -OCH3 is 1. The Morgan fingerprint density at radius 3 is 2.89 bits per heavy atom. The summed E-state index contributed by atoms with van der Waals surface area (Å²) in [5.74, 6) is 0. The van der Waals surface area contributed by atoms with Gasteiger partial charge in [0, 0.05) is 41.4 Å². The maximum atomic E-state index is 8.93. The highest BCUT2D eigenvalue weighted by Gasteiger charge is 2.07. The summed E-state index contributed by atoms with van der Waals surface area (Å²) in [7, 11) is 1.71. The average Bonchev–Trinajstić information content (AvgIpc) is 2.38. The summed E-state index contributed by atoms with van der Waals surface area (Å²) in [6.07, 6.45) is 0.817. The van der Waals surface area contributed by atoms with Gasteiger partial charge in [-0.3, -0.25) is 0 Å². The lowest BCUT2D eigenvalue weighted by Gasteiger charge is -2.12. The van der Waals surface area contributed by atoms with Gasteiger partial charge in [-0.15, -0.1) is 11.8 Å². The molecule has 0 spiro atoms. The van der Waals surface area contributed by atoms with Crippen LogP contribution in [0, 0.1) is 0 Å². The Labute approximate surface area is 128 Å². The molecule has 0 saturated heterocycles. The van der Waals surface area contributed by atoms with Crippen LogP contribution in [-0.4, -0.2) is 37.2 Å². The Hall–Kier alpha value is -0.0700. The minimum Gasteiger partial charge on any atom is -0.396 e. The predicted octanol–water partition coefficient (Wildman–Crippen LogP) is 3.05. The van der Waals surface area contributed by atoms with Gasteiger partial charge in [0.05, 0.1) is 6.61 Å². The van der Waals surface area contributed by atoms with E-state index in [1.54, 1.807) is 18.9 Å². The number of rotatable bonds is 9. The molecule has 1 aromatic carbocycles. The van der Waals surface area contributed by atoms with Crippen molar-refractivity contribution in [3.63, 3.8) is 0 Å². The summed E-state index contributed by atoms with van der Waals surface area (Å²) in [6.45, 7) is 4.81. The molecule has 2 N–H and O–H groups in total. The first-order valence-electron chi connectivity index (χ1n) is 6.43. The standard InChI is InChI=1S/C14H22BrNO2S/c1-11(5-7-17)19-14-4-3-12(9-13(14)15)10-16-6-8-18-2/h3-4,9,11,16-17H,5-8,10H2,1-2H3. The fraction of sp³-hybridized carbons (Fsp3) is 0.571. The number of nitrogens with one attached hydrogen (secondary N) is 1. The van der Waals surface area contributed by atoms with Gasteiger partial charge < -0.3 is 15.2 Å². The molecule has 1 rings (SSSR count). The number of thioether (sulfide) groups is 1. The van der Waals surface area contributed by atoms with Gasteiger partial charge in [0.2, 0.25) is 0 Å². The molecule has 108 valence electrons. The first kappa shape index (κ1) is 17.0. The van der Waals surface area contributed by atoms with Crippen LogP contribution in [0.5, 0.6) is 0 Å². The number of ether oxygens (including phenoxy) is 1. The lowest BCUT2D eigenvalue weighted by Crippen LogP contribution is -2.18. The molecule has 0 bridgehead atoms. The molecule has 1 atom stereocenters. The summed E-state index contributed by atoms with van der Waals surface area (Å²) in [5.41, 5.74) is 1.25. The molecule has 5 heteroatoms. The summed E-state index contributed by atoms with van der Waals surface area (Å²) >= 11 is 5.40. The van der Waals surface area contributed by atoms with Crippen LogP contribution >= 0.6 is 27.7 Å². The van der Waals surface area contributed by atoms with Gasteiger partial charge in [-0.1, -0.05) is 13.0 Å². The second kappa shape index (κ2) is 9.77. The van der Waals surface area contributed by atoms with E-state index in [0.29, 0.717) is 5.25 Å². The van der Waals surface area contributed by atoms with Crippen LogP contribution in [0.4, 0.5) is 0 Å². The Kier molecular flexibility index (Phi) is 8.74. The molecule has 1 aromatic rings. The topological polar surface area (TPSA) is 41.5 Å². The van der Waals surface area contributed by atoms with Crippen molar-refractivity contribution in [2.75, 3.05) is 26.9 Å². The highest BCUT2D eigenvalue weighted by molar-refractivity contribution is 9.10. The van der Waals surface area contributed by atoms with Crippen LogP contribution in [0.15, 0.2) is 27.6 Å². The highest BCUT2D eigenvalue weighted by atomic mass is 79.9. The van der Waals surface area contributed by atoms with Gasteiger partial charge in [0.15, 0.2) is 0 Å². The molecule has 1 unspecified atom stereocenters. The zero-order valence-electron chi connectivity index (χ0n) is 11.5. The molecular weight excluding hydrogens is 326 g/mol. The van der Waals surface area contributed by atoms with E-state index in [0.717, 1.165) is 30.6 Å². The van der Waals surface area contributed by atoms with Gasteiger partial charge >= 0.3 is 0 Å². The number of aliphatic hydroxyl groups excluding tert-OH is 1. The minimum absolute atomic E-state index is 0.243. The summed E-state index contributed by atoms with van der Waals surface area (Å²) in [6, 6.07) is 6.42. The summed E-state index contributed by atoms with van der Waals surface area (Å²) in [5, 5.41) is 12.7. The van der Waals surface area contributed by atoms with Crippen LogP contribution in [0.2, 0.25) is 0 Å². The summed E-state index contributed by atoms with van der Waals surface area (Å²) < 4.78 is 6.11. The summed E-state index contributed by atoms with van der Waals surface area (Å²) in [4.78, 5) is 1.22. The number of aliphatic hydroxyl groups is 1. The molecule has 0 heterocycles. The van der Waals surface area contributed by atoms with E-state index in [-0.39, 0.29) is 6.61 Å². The second-order valence-corrected chi connectivity index (χ2v) is 6.71. The molecule has 0 radical (unpaired) electrons. The highest BCUT2D eigenvalue weighted by Crippen LogP contribution is 2.32. The van der Waals surface area contributed by atoms with Crippen molar-refractivity contribution >= 4 is 27.7 Å². The van der Waals surface area contributed by atoms with E-state index in [4.69, 9.17) is 9.84 Å². The Balaban J connectivity index is 2.49. The molecule has 3 nitrogen and oxygen atoms in total. The van der Waals surface area contributed by atoms with E-state index in [2.05, 4.69) is 46.4 Å². The quantitative estimate of drug-likeness (QED) is 0.532. The maximum absolute atomic E-state index is 8.93. The predicted molar refractivity (Wildman–Crippen MR) is 84.7 cm³/mol. The van der Waals surface area contributed by atoms with Crippen molar-refractivity contribution in [1.29, 1.82) is 0 Å². The van der Waals surface area contributed by atoms with Crippen molar-refractivity contribution in [2.24, 2.45) is 0 Å². The van der Waals surface area contributed by atoms with E-state index in [1.165, 1.54) is 10.5 Å². The molecule has 0 amide bonds. The number of halogens is 1. The van der Waals surface area contributed by atoms with Gasteiger partial charge in [-0.25, -0.2) is 0 Å². The van der Waals surface area contributed by atoms with E-state index in [9.17, 15) is 0 Å². The van der Waals surface area contributed by atoms with Crippen molar-refractivity contribution in [1.82, 2.24) is 5.32 Å². The van der Waals surface area contributed by atoms with Gasteiger partial charge in [-0.05, 0) is 40.0 Å². The lowest BCUT2D eigenvalue weighted by atomic mass is 10.2. The second-order valence-electron chi connectivity index (χ2n) is 4.38. The minimum atomic E-state index is 0.243. The van der Waals surface area contributed by atoms with Crippen molar-refractivity contribution in [2.45, 2.75) is 30.0 Å². The number of hydrogen-bond acceptors (Lipinski definition) is 4. The van der Waals surface area contributed by atoms with Crippen molar-refractivity contribution in [3.8, 4) is 0 Å². The molecule has 0 aromatic heterocycles. The zero-order valence-corrected chi connectivity index (χ0v) is 13.9. The van der Waals surface area contributed by atoms with Crippen LogP contribution in [0.3, 0.4) is 0 Å². The Morgan fingerprint density at radius 2 is 2.26 bits per heavy atom. The molecule has 19 heavy (non-hydrogen) atoms. The molecule has 0 fully saturated rings. The first-order valence-corrected chi connectivity index (χ1v) is 8.10. The van der Waals surface area contributed by atoms with E-state index >= 15 is 0 Å². The van der Waals surface area contributed by atoms with Crippen molar-refractivity contribution < 1.29 is 9.84 Å². The lowest BCUT2D eigenvalue weighted by molar-refractivity contribution is 0.199. The smallest absolute Gasteiger partial charge is 0.0587 e. The molecule has 0 saturated carbocycles. The van der Waals surface area contributed by atoms with Crippen LogP contribution in [0.1, 0.15) is 18.9 Å². The van der Waals surface area contributed by atoms with E-state index < -0.39 is 0 Å². The Bertz CT molecular complexity index is 376. The zero-order chi connectivity index (χ0) is 14.1. The fourth-order valence-electron chi connectivity index (χ4n) is 1.61. The number of benzene rings is 1. The van der Waals surface area contributed by atoms with Gasteiger partial charge in [-0.2, -0.15) is 0 Å². The third kappa shape index (κ3) is 6.77. The van der Waals surface area contributed by atoms with Gasteiger partial charge in [0.25, 0.3) is 0 Å². The number of hydrogen-bond donors (Lipinski definition) is 2.